The van der Waals surface area contributed by atoms with Crippen molar-refractivity contribution in [1.82, 2.24) is 10.6 Å². The molecule has 5 heteroatoms. The van der Waals surface area contributed by atoms with Gasteiger partial charge in [-0.2, -0.15) is 0 Å². The number of amides is 2. The maximum atomic E-state index is 11.8. The van der Waals surface area contributed by atoms with Gasteiger partial charge < -0.3 is 19.8 Å². The summed E-state index contributed by atoms with van der Waals surface area (Å²) in [6.07, 6.45) is 2.67. The van der Waals surface area contributed by atoms with Gasteiger partial charge in [0.2, 0.25) is 0 Å². The van der Waals surface area contributed by atoms with Crippen molar-refractivity contribution in [3.63, 3.8) is 0 Å². The third-order valence-corrected chi connectivity index (χ3v) is 3.63. The molecule has 1 saturated heterocycles. The minimum atomic E-state index is -0.137. The third-order valence-electron chi connectivity index (χ3n) is 3.63. The monoisotopic (exact) mass is 288 g/mol. The van der Waals surface area contributed by atoms with Gasteiger partial charge in [-0.3, -0.25) is 0 Å². The molecule has 21 heavy (non-hydrogen) atoms. The Kier molecular flexibility index (Phi) is 4.40. The first-order valence-corrected chi connectivity index (χ1v) is 7.41. The molecule has 5 nitrogen and oxygen atoms in total. The Balaban J connectivity index is 1.43. The van der Waals surface area contributed by atoms with Gasteiger partial charge in [0.15, 0.2) is 0 Å². The average molecular weight is 288 g/mol. The van der Waals surface area contributed by atoms with Crippen molar-refractivity contribution < 1.29 is 13.9 Å². The largest absolute Gasteiger partial charge is 0.461 e. The number of para-hydroxylation sites is 1. The summed E-state index contributed by atoms with van der Waals surface area (Å²) < 4.78 is 11.0. The van der Waals surface area contributed by atoms with Gasteiger partial charge in [-0.05, 0) is 25.0 Å². The molecule has 112 valence electrons. The molecule has 2 amide bonds. The maximum absolute atomic E-state index is 11.8. The molecule has 1 fully saturated rings. The van der Waals surface area contributed by atoms with Crippen LogP contribution in [0.3, 0.4) is 0 Å². The van der Waals surface area contributed by atoms with Crippen LogP contribution in [0.2, 0.25) is 0 Å². The van der Waals surface area contributed by atoms with Crippen LogP contribution in [0.25, 0.3) is 11.0 Å². The van der Waals surface area contributed by atoms with E-state index in [1.807, 2.05) is 30.3 Å². The molecule has 1 aromatic carbocycles. The first-order chi connectivity index (χ1) is 10.3. The number of furan rings is 1. The zero-order valence-electron chi connectivity index (χ0n) is 11.9. The SMILES string of the molecule is O=C(NCCc1cc2ccccc2o1)N[C@@H]1CCCOC1. The predicted molar refractivity (Wildman–Crippen MR) is 80.3 cm³/mol. The van der Waals surface area contributed by atoms with Crippen molar-refractivity contribution >= 4 is 17.0 Å². The topological polar surface area (TPSA) is 63.5 Å². The van der Waals surface area contributed by atoms with Crippen LogP contribution in [0, 0.1) is 0 Å². The van der Waals surface area contributed by atoms with Crippen LogP contribution in [-0.4, -0.2) is 31.8 Å². The quantitative estimate of drug-likeness (QED) is 0.908. The van der Waals surface area contributed by atoms with Crippen LogP contribution < -0.4 is 10.6 Å². The van der Waals surface area contributed by atoms with Crippen LogP contribution in [0.4, 0.5) is 4.79 Å². The van der Waals surface area contributed by atoms with Crippen molar-refractivity contribution in [3.05, 3.63) is 36.1 Å². The lowest BCUT2D eigenvalue weighted by Gasteiger charge is -2.23. The van der Waals surface area contributed by atoms with E-state index in [9.17, 15) is 4.79 Å². The number of hydrogen-bond acceptors (Lipinski definition) is 3. The van der Waals surface area contributed by atoms with Gasteiger partial charge in [-0.15, -0.1) is 0 Å². The molecule has 0 bridgehead atoms. The van der Waals surface area contributed by atoms with Gasteiger partial charge in [0.05, 0.1) is 12.6 Å². The number of ether oxygens (including phenoxy) is 1. The molecule has 1 aromatic heterocycles. The second kappa shape index (κ2) is 6.63. The van der Waals surface area contributed by atoms with Gasteiger partial charge in [0.1, 0.15) is 11.3 Å². The molecule has 2 N–H and O–H groups in total. The number of benzene rings is 1. The number of urea groups is 1. The molecule has 2 aromatic rings. The molecule has 1 atom stereocenters. The normalized spacial score (nSPS) is 18.6. The summed E-state index contributed by atoms with van der Waals surface area (Å²) in [5, 5.41) is 6.88. The van der Waals surface area contributed by atoms with Crippen LogP contribution in [-0.2, 0) is 11.2 Å². The Bertz CT molecular complexity index is 569. The van der Waals surface area contributed by atoms with E-state index in [0.29, 0.717) is 19.6 Å². The van der Waals surface area contributed by atoms with Gasteiger partial charge in [-0.1, -0.05) is 18.2 Å². The second-order valence-electron chi connectivity index (χ2n) is 5.31. The van der Waals surface area contributed by atoms with E-state index in [1.165, 1.54) is 0 Å². The summed E-state index contributed by atoms with van der Waals surface area (Å²) in [6, 6.07) is 9.91. The van der Waals surface area contributed by atoms with E-state index in [-0.39, 0.29) is 12.1 Å². The van der Waals surface area contributed by atoms with Crippen molar-refractivity contribution in [2.24, 2.45) is 0 Å². The fourth-order valence-corrected chi connectivity index (χ4v) is 2.55. The summed E-state index contributed by atoms with van der Waals surface area (Å²) in [7, 11) is 0. The van der Waals surface area contributed by atoms with Gasteiger partial charge in [-0.25, -0.2) is 4.79 Å². The minimum absolute atomic E-state index is 0.130. The molecule has 0 unspecified atom stereocenters. The zero-order chi connectivity index (χ0) is 14.5. The standard InChI is InChI=1S/C16H20N2O3/c19-16(18-13-5-3-9-20-11-13)17-8-7-14-10-12-4-1-2-6-15(12)21-14/h1-2,4,6,10,13H,3,5,7-9,11H2,(H2,17,18,19)/t13-/m1/s1. The van der Waals surface area contributed by atoms with Gasteiger partial charge in [0, 0.05) is 25.0 Å². The molecule has 2 heterocycles. The van der Waals surface area contributed by atoms with Crippen LogP contribution in [0.15, 0.2) is 34.7 Å². The van der Waals surface area contributed by atoms with E-state index >= 15 is 0 Å². The number of carbonyl (C=O) groups is 1. The number of hydrogen-bond donors (Lipinski definition) is 2. The first kappa shape index (κ1) is 13.9. The van der Waals surface area contributed by atoms with E-state index in [1.54, 1.807) is 0 Å². The van der Waals surface area contributed by atoms with E-state index in [0.717, 1.165) is 36.2 Å². The van der Waals surface area contributed by atoms with E-state index < -0.39 is 0 Å². The summed E-state index contributed by atoms with van der Waals surface area (Å²) in [4.78, 5) is 11.8. The number of carbonyl (C=O) groups excluding carboxylic acids is 1. The van der Waals surface area contributed by atoms with Crippen molar-refractivity contribution in [2.75, 3.05) is 19.8 Å². The van der Waals surface area contributed by atoms with Crippen molar-refractivity contribution in [3.8, 4) is 0 Å². The molecule has 0 radical (unpaired) electrons. The fraction of sp³-hybridized carbons (Fsp3) is 0.438. The minimum Gasteiger partial charge on any atom is -0.461 e. The van der Waals surface area contributed by atoms with Crippen LogP contribution in [0.5, 0.6) is 0 Å². The summed E-state index contributed by atoms with van der Waals surface area (Å²) in [5.41, 5.74) is 0.885. The Labute approximate surface area is 123 Å². The average Bonchev–Trinajstić information content (AvgIpc) is 2.91. The van der Waals surface area contributed by atoms with Crippen LogP contribution in [0.1, 0.15) is 18.6 Å². The van der Waals surface area contributed by atoms with Crippen LogP contribution >= 0.6 is 0 Å². The second-order valence-corrected chi connectivity index (χ2v) is 5.31. The highest BCUT2D eigenvalue weighted by Gasteiger charge is 2.15. The molecule has 0 spiro atoms. The van der Waals surface area contributed by atoms with E-state index in [2.05, 4.69) is 10.6 Å². The Hall–Kier alpha value is -2.01. The first-order valence-electron chi connectivity index (χ1n) is 7.41. The Morgan fingerprint density at radius 3 is 3.05 bits per heavy atom. The molecule has 1 aliphatic heterocycles. The summed E-state index contributed by atoms with van der Waals surface area (Å²) in [6.45, 7) is 1.96. The zero-order valence-corrected chi connectivity index (χ0v) is 11.9. The highest BCUT2D eigenvalue weighted by Crippen LogP contribution is 2.18. The van der Waals surface area contributed by atoms with Gasteiger partial charge in [0.25, 0.3) is 0 Å². The Morgan fingerprint density at radius 1 is 1.33 bits per heavy atom. The lowest BCUT2D eigenvalue weighted by atomic mass is 10.1. The van der Waals surface area contributed by atoms with Gasteiger partial charge >= 0.3 is 6.03 Å². The molecule has 3 rings (SSSR count). The van der Waals surface area contributed by atoms with Crippen molar-refractivity contribution in [2.45, 2.75) is 25.3 Å². The van der Waals surface area contributed by atoms with Crippen molar-refractivity contribution in [1.29, 1.82) is 0 Å². The fourth-order valence-electron chi connectivity index (χ4n) is 2.55. The number of fused-ring (bicyclic) bond motifs is 1. The number of nitrogens with one attached hydrogen (secondary N) is 2. The predicted octanol–water partition coefficient (Wildman–Crippen LogP) is 2.45. The molecule has 0 saturated carbocycles. The lowest BCUT2D eigenvalue weighted by Crippen LogP contribution is -2.46. The highest BCUT2D eigenvalue weighted by molar-refractivity contribution is 5.77. The smallest absolute Gasteiger partial charge is 0.315 e. The maximum Gasteiger partial charge on any atom is 0.315 e. The molecule has 1 aliphatic rings. The molecular weight excluding hydrogens is 268 g/mol. The number of rotatable bonds is 4. The molecule has 0 aliphatic carbocycles. The summed E-state index contributed by atoms with van der Waals surface area (Å²) >= 11 is 0. The summed E-state index contributed by atoms with van der Waals surface area (Å²) in [5.74, 6) is 0.887. The highest BCUT2D eigenvalue weighted by atomic mass is 16.5. The third kappa shape index (κ3) is 3.76. The lowest BCUT2D eigenvalue weighted by molar-refractivity contribution is 0.0732. The Morgan fingerprint density at radius 2 is 2.24 bits per heavy atom. The molecular formula is C16H20N2O3. The van der Waals surface area contributed by atoms with E-state index in [4.69, 9.17) is 9.15 Å².